The minimum atomic E-state index is -0.995. The average molecular weight is 1500 g/mol. The zero-order chi connectivity index (χ0) is 80.7. The van der Waals surface area contributed by atoms with Gasteiger partial charge in [0.15, 0.2) is 0 Å². The first-order chi connectivity index (χ1) is 50.4. The van der Waals surface area contributed by atoms with Crippen LogP contribution in [0.1, 0.15) is 472 Å². The number of nitrogens with two attached hydrogens (primary N) is 8. The molecule has 0 saturated carbocycles. The van der Waals surface area contributed by atoms with E-state index >= 15 is 0 Å². The highest BCUT2D eigenvalue weighted by atomic mass is 16.4. The molecule has 0 saturated heterocycles. The summed E-state index contributed by atoms with van der Waals surface area (Å²) in [7, 11) is 0. The fourth-order valence-electron chi connectivity index (χ4n) is 10.6. The lowest BCUT2D eigenvalue weighted by Gasteiger charge is -1.98. The summed E-state index contributed by atoms with van der Waals surface area (Å²) in [4.78, 5) is 96.8. The van der Waals surface area contributed by atoms with E-state index in [4.69, 9.17) is 51.0 Å². The summed E-state index contributed by atoms with van der Waals surface area (Å²) < 4.78 is 1.06. The first-order valence-corrected chi connectivity index (χ1v) is 42.9. The average Bonchev–Trinajstić information content (AvgIpc) is 1.78. The zero-order valence-corrected chi connectivity index (χ0v) is 70.0. The van der Waals surface area contributed by atoms with Gasteiger partial charge in [-0.1, -0.05) is 364 Å². The van der Waals surface area contributed by atoms with Crippen molar-refractivity contribution in [2.24, 2.45) is 45.9 Å². The van der Waals surface area contributed by atoms with Crippen molar-refractivity contribution in [3.05, 3.63) is 18.2 Å². The summed E-state index contributed by atoms with van der Waals surface area (Å²) >= 11 is 0. The van der Waals surface area contributed by atoms with E-state index in [1.54, 1.807) is 6.92 Å². The van der Waals surface area contributed by atoms with Crippen LogP contribution in [0.15, 0.2) is 12.4 Å². The van der Waals surface area contributed by atoms with Crippen LogP contribution in [0.5, 0.6) is 0 Å². The van der Waals surface area contributed by atoms with E-state index in [1.807, 2.05) is 0 Å². The number of rotatable bonds is 64. The van der Waals surface area contributed by atoms with Gasteiger partial charge in [0.25, 0.3) is 0 Å². The van der Waals surface area contributed by atoms with Gasteiger partial charge in [-0.15, -0.1) is 0 Å². The summed E-state index contributed by atoms with van der Waals surface area (Å²) in [5, 5.41) is 8.38. The molecular weight excluding hydrogens is 1320 g/mol. The van der Waals surface area contributed by atoms with E-state index in [1.165, 1.54) is 269 Å². The van der Waals surface area contributed by atoms with Gasteiger partial charge in [0, 0.05) is 63.8 Å². The van der Waals surface area contributed by atoms with Crippen molar-refractivity contribution in [3.63, 3.8) is 0 Å². The number of aryl methyl sites for hydroxylation is 1. The van der Waals surface area contributed by atoms with Crippen LogP contribution in [0.25, 0.3) is 0 Å². The Morgan fingerprint density at radius 3 is 0.429 bits per heavy atom. The van der Waals surface area contributed by atoms with Crippen LogP contribution < -0.4 is 45.9 Å². The largest absolute Gasteiger partial charge is 0.464 e. The number of unbranched alkanes of at least 4 members (excludes halogenated alkanes) is 48. The number of carboxylic acid groups (broad SMARTS) is 1. The lowest BCUT2D eigenvalue weighted by molar-refractivity contribution is -0.119. The minimum Gasteiger partial charge on any atom is -0.464 e. The highest BCUT2D eigenvalue weighted by molar-refractivity contribution is 5.75. The fraction of sp³-hybridized carbons (Fsp3) is 0.859. The predicted octanol–water partition coefficient (Wildman–Crippen LogP) is 21.6. The number of hydrogen-bond acceptors (Lipinski definition) is 10. The second-order valence-electron chi connectivity index (χ2n) is 28.3. The molecule has 0 radical (unpaired) electrons. The van der Waals surface area contributed by atoms with Gasteiger partial charge >= 0.3 is 6.09 Å². The second-order valence-corrected chi connectivity index (χ2v) is 28.3. The second kappa shape index (κ2) is 105. The van der Waals surface area contributed by atoms with E-state index in [2.05, 4.69) is 60.4 Å². The Hall–Kier alpha value is -5.56. The standard InChI is InChI=1S/8C10H21NO.C5H6N2O2/c8*1-2-3-4-5-6-7-8-9-10(11)12;1-4-6-2-3-7(4)5(8)9/h8*2-9H2,1H3,(H2,11,12);2-3H,1H3,(H,8,9). The van der Waals surface area contributed by atoms with Crippen molar-refractivity contribution in [2.45, 2.75) is 473 Å². The maximum Gasteiger partial charge on any atom is 0.416 e. The number of hydrogen-bond donors (Lipinski definition) is 9. The quantitative estimate of drug-likeness (QED) is 0.0276. The Morgan fingerprint density at radius 2 is 0.352 bits per heavy atom. The molecule has 0 spiro atoms. The molecule has 1 aromatic heterocycles. The van der Waals surface area contributed by atoms with E-state index < -0.39 is 6.09 Å². The molecule has 8 amide bonds. The van der Waals surface area contributed by atoms with Gasteiger partial charge in [-0.25, -0.2) is 14.3 Å². The number of carbonyl (C=O) groups is 9. The third-order valence-corrected chi connectivity index (χ3v) is 17.2. The van der Waals surface area contributed by atoms with Gasteiger partial charge in [0.1, 0.15) is 5.82 Å². The molecule has 0 aliphatic carbocycles. The molecule has 20 heteroatoms. The summed E-state index contributed by atoms with van der Waals surface area (Å²) in [6.07, 6.45) is 75.8. The number of aromatic nitrogens is 2. The van der Waals surface area contributed by atoms with E-state index in [-0.39, 0.29) is 47.3 Å². The van der Waals surface area contributed by atoms with Crippen LogP contribution in [-0.4, -0.2) is 68.0 Å². The number of nitrogens with zero attached hydrogens (tertiary/aromatic N) is 2. The third-order valence-electron chi connectivity index (χ3n) is 17.2. The van der Waals surface area contributed by atoms with Crippen molar-refractivity contribution in [2.75, 3.05) is 0 Å². The predicted molar refractivity (Wildman–Crippen MR) is 445 cm³/mol. The lowest BCUT2D eigenvalue weighted by atomic mass is 10.1. The Kier molecular flexibility index (Phi) is 115. The van der Waals surface area contributed by atoms with Gasteiger partial charge in [-0.3, -0.25) is 38.4 Å². The van der Waals surface area contributed by atoms with Gasteiger partial charge in [0.2, 0.25) is 47.3 Å². The Labute approximate surface area is 645 Å². The van der Waals surface area contributed by atoms with Crippen molar-refractivity contribution in [3.8, 4) is 0 Å². The molecular formula is C85H174N10O10. The highest BCUT2D eigenvalue weighted by Crippen LogP contribution is 2.14. The van der Waals surface area contributed by atoms with Crippen LogP contribution in [-0.2, 0) is 38.4 Å². The number of imidazole rings is 1. The van der Waals surface area contributed by atoms with Gasteiger partial charge in [-0.05, 0) is 58.3 Å². The molecule has 105 heavy (non-hydrogen) atoms. The third kappa shape index (κ3) is 141. The maximum atomic E-state index is 10.4. The molecule has 0 aliphatic rings. The Bertz CT molecular complexity index is 1650. The molecule has 0 fully saturated rings. The fourth-order valence-corrected chi connectivity index (χ4v) is 10.6. The minimum absolute atomic E-state index is 0.163. The van der Waals surface area contributed by atoms with Gasteiger partial charge in [-0.2, -0.15) is 0 Å². The van der Waals surface area contributed by atoms with Crippen LogP contribution in [0.4, 0.5) is 4.79 Å². The normalized spacial score (nSPS) is 10.0. The number of carbonyl (C=O) groups excluding carboxylic acids is 8. The summed E-state index contributed by atoms with van der Waals surface area (Å²) in [6.45, 7) is 19.4. The smallest absolute Gasteiger partial charge is 0.416 e. The molecule has 0 atom stereocenters. The number of amides is 8. The van der Waals surface area contributed by atoms with Gasteiger partial charge in [0.05, 0.1) is 0 Å². The highest BCUT2D eigenvalue weighted by Gasteiger charge is 2.03. The summed E-state index contributed by atoms with van der Waals surface area (Å²) in [6, 6.07) is 0. The van der Waals surface area contributed by atoms with E-state index in [0.29, 0.717) is 57.2 Å². The van der Waals surface area contributed by atoms with Crippen LogP contribution >= 0.6 is 0 Å². The first kappa shape index (κ1) is 115. The molecule has 624 valence electrons. The maximum absolute atomic E-state index is 10.4. The SMILES string of the molecule is CCCCCCCCCC(N)=O.CCCCCCCCCC(N)=O.CCCCCCCCCC(N)=O.CCCCCCCCCC(N)=O.CCCCCCCCCC(N)=O.CCCCCCCCCC(N)=O.CCCCCCCCCC(N)=O.CCCCCCCCCC(N)=O.Cc1nccn1C(=O)O. The lowest BCUT2D eigenvalue weighted by Crippen LogP contribution is -2.09. The monoisotopic (exact) mass is 1500 g/mol. The Balaban J connectivity index is -0.000000168. The molecule has 1 aromatic rings. The summed E-state index contributed by atoms with van der Waals surface area (Å²) in [5.41, 5.74) is 40.1. The van der Waals surface area contributed by atoms with Crippen molar-refractivity contribution in [1.82, 2.24) is 9.55 Å². The van der Waals surface area contributed by atoms with E-state index in [0.717, 1.165) is 107 Å². The molecule has 1 rings (SSSR count). The van der Waals surface area contributed by atoms with Crippen LogP contribution in [0.2, 0.25) is 0 Å². The molecule has 17 N–H and O–H groups in total. The molecule has 0 aliphatic heterocycles. The van der Waals surface area contributed by atoms with Crippen molar-refractivity contribution < 1.29 is 48.3 Å². The molecule has 1 heterocycles. The number of primary amides is 8. The topological polar surface area (TPSA) is 400 Å². The molecule has 0 unspecified atom stereocenters. The van der Waals surface area contributed by atoms with Crippen LogP contribution in [0, 0.1) is 6.92 Å². The molecule has 0 aromatic carbocycles. The first-order valence-electron chi connectivity index (χ1n) is 42.9. The molecule has 20 nitrogen and oxygen atoms in total. The van der Waals surface area contributed by atoms with Gasteiger partial charge < -0.3 is 51.0 Å². The van der Waals surface area contributed by atoms with Crippen LogP contribution in [0.3, 0.4) is 0 Å². The zero-order valence-electron chi connectivity index (χ0n) is 70.0. The van der Waals surface area contributed by atoms with Crippen molar-refractivity contribution >= 4 is 53.4 Å². The Morgan fingerprint density at radius 1 is 0.238 bits per heavy atom. The van der Waals surface area contributed by atoms with E-state index in [9.17, 15) is 43.2 Å². The molecule has 0 bridgehead atoms. The summed E-state index contributed by atoms with van der Waals surface area (Å²) in [5.74, 6) is -0.819. The van der Waals surface area contributed by atoms with Crippen molar-refractivity contribution in [1.29, 1.82) is 0 Å².